The Hall–Kier alpha value is -2.70. The molecule has 6 rings (SSSR count). The van der Waals surface area contributed by atoms with Crippen molar-refractivity contribution >= 4 is 0 Å². The van der Waals surface area contributed by atoms with Gasteiger partial charge in [-0.1, -0.05) is 196 Å². The van der Waals surface area contributed by atoms with E-state index >= 15 is 0 Å². The Balaban J connectivity index is 0.000000868. The number of H-pyrrole nitrogens is 3. The number of unbranched alkanes of at least 4 members (excludes halogenated alkanes) is 3. The maximum absolute atomic E-state index is 6.09. The van der Waals surface area contributed by atoms with Gasteiger partial charge in [0.1, 0.15) is 0 Å². The summed E-state index contributed by atoms with van der Waals surface area (Å²) in [5, 5.41) is 28.0. The van der Waals surface area contributed by atoms with Crippen LogP contribution in [0.5, 0.6) is 0 Å². The molecule has 73 heavy (non-hydrogen) atoms. The van der Waals surface area contributed by atoms with Gasteiger partial charge in [-0.25, -0.2) is 0 Å². The SMILES string of the molecule is CCC(CC)(CC)C(C)C.CCCCO[C@H]1CC(CC)[C@@H](C)[C@H](C)C1C.CCCCO[C@H]1CC(CC)[C@@H](C)[C@H](C)C1C.CCCCO[C@H]1CC(CC)[C@@H](C)[C@H](C)C1C.c1cn[nH]n1.c1cn[nH]n1.c1cn[nH]n1. The van der Waals surface area contributed by atoms with Gasteiger partial charge in [-0.3, -0.25) is 0 Å². The molecule has 0 amide bonds. The number of aromatic amines is 3. The second-order valence-electron chi connectivity index (χ2n) is 22.8. The number of hydrogen-bond donors (Lipinski definition) is 3. The summed E-state index contributed by atoms with van der Waals surface area (Å²) in [6.07, 6.45) is 30.2. The first-order chi connectivity index (χ1) is 35.0. The van der Waals surface area contributed by atoms with Gasteiger partial charge in [0.25, 0.3) is 0 Å². The zero-order valence-corrected chi connectivity index (χ0v) is 51.3. The molecule has 6 unspecified atom stereocenters. The second-order valence-corrected chi connectivity index (χ2v) is 22.8. The maximum Gasteiger partial charge on any atom is 0.0690 e. The molecule has 0 aromatic carbocycles. The van der Waals surface area contributed by atoms with Crippen molar-refractivity contribution in [2.45, 2.75) is 253 Å². The highest BCUT2D eigenvalue weighted by molar-refractivity contribution is 4.89. The van der Waals surface area contributed by atoms with Gasteiger partial charge in [0.05, 0.1) is 55.5 Å². The molecular formula is C61H121N9O3. The average Bonchev–Trinajstić information content (AvgIpc) is 4.27. The Morgan fingerprint density at radius 3 is 0.753 bits per heavy atom. The van der Waals surface area contributed by atoms with Crippen LogP contribution in [-0.2, 0) is 14.2 Å². The van der Waals surface area contributed by atoms with Crippen LogP contribution in [0.3, 0.4) is 0 Å². The van der Waals surface area contributed by atoms with Gasteiger partial charge in [0, 0.05) is 19.8 Å². The van der Waals surface area contributed by atoms with Crippen molar-refractivity contribution < 1.29 is 14.2 Å². The van der Waals surface area contributed by atoms with Crippen molar-refractivity contribution in [2.75, 3.05) is 19.8 Å². The first-order valence-electron chi connectivity index (χ1n) is 30.2. The van der Waals surface area contributed by atoms with Gasteiger partial charge < -0.3 is 14.2 Å². The summed E-state index contributed by atoms with van der Waals surface area (Å²) < 4.78 is 18.3. The summed E-state index contributed by atoms with van der Waals surface area (Å²) in [6, 6.07) is 0. The first kappa shape index (κ1) is 70.3. The van der Waals surface area contributed by atoms with Crippen LogP contribution in [0.15, 0.2) is 37.2 Å². The van der Waals surface area contributed by atoms with Crippen LogP contribution in [-0.4, -0.2) is 84.4 Å². The van der Waals surface area contributed by atoms with Gasteiger partial charge in [-0.05, 0) is 121 Å². The lowest BCUT2D eigenvalue weighted by atomic mass is 9.66. The van der Waals surface area contributed by atoms with E-state index in [0.717, 1.165) is 96.8 Å². The van der Waals surface area contributed by atoms with Crippen molar-refractivity contribution in [2.24, 2.45) is 82.3 Å². The van der Waals surface area contributed by atoms with Crippen molar-refractivity contribution in [3.8, 4) is 0 Å². The summed E-state index contributed by atoms with van der Waals surface area (Å²) in [5.41, 5.74) is 0.625. The van der Waals surface area contributed by atoms with E-state index in [1.165, 1.54) is 96.3 Å². The van der Waals surface area contributed by atoms with Gasteiger partial charge in [0.2, 0.25) is 0 Å². The van der Waals surface area contributed by atoms with E-state index in [-0.39, 0.29) is 0 Å². The van der Waals surface area contributed by atoms with Crippen LogP contribution >= 0.6 is 0 Å². The molecule has 0 aliphatic heterocycles. The molecule has 3 fully saturated rings. The predicted molar refractivity (Wildman–Crippen MR) is 309 cm³/mol. The summed E-state index contributed by atoms with van der Waals surface area (Å²) in [5.74, 6) is 10.7. The minimum absolute atomic E-state index is 0.516. The van der Waals surface area contributed by atoms with Gasteiger partial charge in [-0.15, -0.1) is 0 Å². The smallest absolute Gasteiger partial charge is 0.0690 e. The summed E-state index contributed by atoms with van der Waals surface area (Å²) in [6.45, 7) is 49.8. The first-order valence-corrected chi connectivity index (χ1v) is 30.2. The lowest BCUT2D eigenvalue weighted by Gasteiger charge is -2.43. The Kier molecular flexibility index (Phi) is 40.8. The summed E-state index contributed by atoms with van der Waals surface area (Å²) in [7, 11) is 0. The fourth-order valence-electron chi connectivity index (χ4n) is 11.8. The fourth-order valence-corrected chi connectivity index (χ4v) is 11.8. The van der Waals surface area contributed by atoms with E-state index in [1.807, 2.05) is 0 Å². The standard InChI is InChI=1S/3C15H30O.C10H22.3C2H3N3/c3*1-6-8-9-16-15-10-14(7-2)12(4)11(3)13(15)5;1-6-10(7-2,8-3)9(4)5;3*1-2-4-5-3-1/h3*11-15H,6-10H2,1-5H3;9H,6-8H2,1-5H3;3*1-2H,(H,3,4,5)/t3*11-,12-,13?,14?,15-;;;;/m000..../s1. The molecule has 12 nitrogen and oxygen atoms in total. The second kappa shape index (κ2) is 42.4. The Bertz CT molecular complexity index is 1310. The zero-order chi connectivity index (χ0) is 55.2. The van der Waals surface area contributed by atoms with Crippen LogP contribution in [0.25, 0.3) is 0 Å². The molecule has 3 aromatic rings. The molecule has 3 aliphatic carbocycles. The summed E-state index contributed by atoms with van der Waals surface area (Å²) in [4.78, 5) is 0. The third-order valence-electron chi connectivity index (χ3n) is 19.0. The largest absolute Gasteiger partial charge is 0.378 e. The van der Waals surface area contributed by atoms with Crippen molar-refractivity contribution in [1.29, 1.82) is 0 Å². The lowest BCUT2D eigenvalue weighted by molar-refractivity contribution is -0.0623. The fraction of sp³-hybridized carbons (Fsp3) is 0.902. The van der Waals surface area contributed by atoms with Crippen molar-refractivity contribution in [3.05, 3.63) is 37.2 Å². The third-order valence-corrected chi connectivity index (χ3v) is 19.0. The molecule has 428 valence electrons. The predicted octanol–water partition coefficient (Wildman–Crippen LogP) is 16.8. The molecule has 3 heterocycles. The van der Waals surface area contributed by atoms with Crippen molar-refractivity contribution in [1.82, 2.24) is 46.2 Å². The molecule has 0 saturated heterocycles. The topological polar surface area (TPSA) is 152 Å². The molecule has 0 spiro atoms. The lowest BCUT2D eigenvalue weighted by Crippen LogP contribution is -2.40. The highest BCUT2D eigenvalue weighted by atomic mass is 16.5. The Labute approximate surface area is 451 Å². The minimum Gasteiger partial charge on any atom is -0.378 e. The highest BCUT2D eigenvalue weighted by Crippen LogP contribution is 2.44. The molecule has 0 radical (unpaired) electrons. The average molecular weight is 1030 g/mol. The Morgan fingerprint density at radius 2 is 0.616 bits per heavy atom. The Morgan fingerprint density at radius 1 is 0.384 bits per heavy atom. The van der Waals surface area contributed by atoms with E-state index in [4.69, 9.17) is 14.2 Å². The van der Waals surface area contributed by atoms with E-state index in [0.29, 0.717) is 23.7 Å². The molecule has 3 N–H and O–H groups in total. The minimum atomic E-state index is 0.516. The zero-order valence-electron chi connectivity index (χ0n) is 51.3. The molecule has 0 bridgehead atoms. The van der Waals surface area contributed by atoms with Crippen LogP contribution in [0, 0.1) is 82.3 Å². The molecule has 3 aliphatic rings. The van der Waals surface area contributed by atoms with E-state index in [2.05, 4.69) is 185 Å². The van der Waals surface area contributed by atoms with Gasteiger partial charge in [0.15, 0.2) is 0 Å². The van der Waals surface area contributed by atoms with Crippen LogP contribution in [0.4, 0.5) is 0 Å². The van der Waals surface area contributed by atoms with Crippen molar-refractivity contribution in [3.63, 3.8) is 0 Å². The number of hydrogen-bond acceptors (Lipinski definition) is 9. The maximum atomic E-state index is 6.09. The van der Waals surface area contributed by atoms with E-state index in [1.54, 1.807) is 37.2 Å². The van der Waals surface area contributed by atoms with Crippen LogP contribution in [0.1, 0.15) is 235 Å². The van der Waals surface area contributed by atoms with E-state index in [9.17, 15) is 0 Å². The number of ether oxygens (including phenoxy) is 3. The normalized spacial score (nSPS) is 29.6. The summed E-state index contributed by atoms with van der Waals surface area (Å²) >= 11 is 0. The molecular weight excluding hydrogens is 907 g/mol. The monoisotopic (exact) mass is 1030 g/mol. The van der Waals surface area contributed by atoms with Crippen LogP contribution < -0.4 is 0 Å². The number of nitrogens with one attached hydrogen (secondary N) is 3. The van der Waals surface area contributed by atoms with Crippen LogP contribution in [0.2, 0.25) is 0 Å². The number of nitrogens with zero attached hydrogens (tertiary/aromatic N) is 6. The molecule has 12 heteroatoms. The molecule has 3 aromatic heterocycles. The highest BCUT2D eigenvalue weighted by Gasteiger charge is 2.40. The van der Waals surface area contributed by atoms with E-state index < -0.39 is 0 Å². The quantitative estimate of drug-likeness (QED) is 0.0996. The molecule has 15 atom stereocenters. The van der Waals surface area contributed by atoms with Gasteiger partial charge in [-0.2, -0.15) is 46.2 Å². The van der Waals surface area contributed by atoms with Gasteiger partial charge >= 0.3 is 0 Å². The third kappa shape index (κ3) is 26.8. The number of aromatic nitrogens is 9. The molecule has 3 saturated carbocycles. The number of rotatable bonds is 19.